The number of phenolic OH excluding ortho intramolecular Hbond substituents is 1. The highest BCUT2D eigenvalue weighted by molar-refractivity contribution is 5.77. The van der Waals surface area contributed by atoms with Crippen LogP contribution in [0.4, 0.5) is 0 Å². The lowest BCUT2D eigenvalue weighted by Gasteiger charge is -2.38. The SMILES string of the molecule is Cc1c(C)c2c(c(C)c1O)CCC(C)(CCOCCN=C(N)NN)O2. The molecule has 0 bridgehead atoms. The molecule has 0 aromatic heterocycles. The Morgan fingerprint density at radius 2 is 2.00 bits per heavy atom. The van der Waals surface area contributed by atoms with Gasteiger partial charge in [-0.2, -0.15) is 0 Å². The number of aliphatic imine (C=N–C) groups is 1. The van der Waals surface area contributed by atoms with Crippen LogP contribution in [-0.4, -0.2) is 36.4 Å². The third-order valence-electron chi connectivity index (χ3n) is 5.03. The summed E-state index contributed by atoms with van der Waals surface area (Å²) in [6.07, 6.45) is 2.59. The molecule has 1 aromatic carbocycles. The molecule has 1 aromatic rings. The van der Waals surface area contributed by atoms with Gasteiger partial charge in [0.1, 0.15) is 17.1 Å². The quantitative estimate of drug-likeness (QED) is 0.204. The van der Waals surface area contributed by atoms with Crippen LogP contribution in [0.3, 0.4) is 0 Å². The van der Waals surface area contributed by atoms with Crippen molar-refractivity contribution >= 4 is 5.96 Å². The van der Waals surface area contributed by atoms with Gasteiger partial charge in [0.15, 0.2) is 0 Å². The molecule has 1 aliphatic heterocycles. The van der Waals surface area contributed by atoms with Crippen molar-refractivity contribution in [2.45, 2.75) is 52.6 Å². The Hall–Kier alpha value is -1.99. The molecular formula is C18H30N4O3. The summed E-state index contributed by atoms with van der Waals surface area (Å²) in [7, 11) is 0. The van der Waals surface area contributed by atoms with Crippen molar-refractivity contribution in [3.63, 3.8) is 0 Å². The van der Waals surface area contributed by atoms with Crippen LogP contribution in [0, 0.1) is 20.8 Å². The van der Waals surface area contributed by atoms with E-state index in [1.807, 2.05) is 20.8 Å². The van der Waals surface area contributed by atoms with Crippen molar-refractivity contribution in [1.82, 2.24) is 5.43 Å². The molecule has 0 spiro atoms. The number of hydrogen-bond acceptors (Lipinski definition) is 5. The lowest BCUT2D eigenvalue weighted by Crippen LogP contribution is -2.38. The monoisotopic (exact) mass is 350 g/mol. The molecule has 0 fully saturated rings. The minimum Gasteiger partial charge on any atom is -0.507 e. The Kier molecular flexibility index (Phi) is 6.13. The molecule has 0 radical (unpaired) electrons. The third-order valence-corrected chi connectivity index (χ3v) is 5.03. The number of ether oxygens (including phenoxy) is 2. The van der Waals surface area contributed by atoms with Gasteiger partial charge in [-0.25, -0.2) is 10.8 Å². The zero-order chi connectivity index (χ0) is 18.6. The largest absolute Gasteiger partial charge is 0.507 e. The van der Waals surface area contributed by atoms with Gasteiger partial charge in [-0.15, -0.1) is 0 Å². The molecule has 1 atom stereocenters. The number of rotatable bonds is 6. The zero-order valence-electron chi connectivity index (χ0n) is 15.6. The average Bonchev–Trinajstić information content (AvgIpc) is 2.60. The van der Waals surface area contributed by atoms with E-state index in [2.05, 4.69) is 17.3 Å². The Balaban J connectivity index is 1.95. The number of hydrogen-bond donors (Lipinski definition) is 4. The normalized spacial score (nSPS) is 20.1. The minimum absolute atomic E-state index is 0.201. The molecule has 1 aliphatic rings. The maximum Gasteiger partial charge on any atom is 0.203 e. The van der Waals surface area contributed by atoms with Gasteiger partial charge in [-0.1, -0.05) is 0 Å². The van der Waals surface area contributed by atoms with Crippen molar-refractivity contribution in [2.75, 3.05) is 19.8 Å². The topological polar surface area (TPSA) is 115 Å². The van der Waals surface area contributed by atoms with E-state index < -0.39 is 0 Å². The van der Waals surface area contributed by atoms with Crippen molar-refractivity contribution < 1.29 is 14.6 Å². The summed E-state index contributed by atoms with van der Waals surface area (Å²) < 4.78 is 12.0. The first-order valence-corrected chi connectivity index (χ1v) is 8.64. The fourth-order valence-electron chi connectivity index (χ4n) is 3.14. The number of fused-ring (bicyclic) bond motifs is 1. The van der Waals surface area contributed by atoms with Gasteiger partial charge in [0.25, 0.3) is 0 Å². The van der Waals surface area contributed by atoms with E-state index in [1.54, 1.807) is 0 Å². The predicted octanol–water partition coefficient (Wildman–Crippen LogP) is 1.59. The minimum atomic E-state index is -0.269. The molecule has 0 amide bonds. The second kappa shape index (κ2) is 7.93. The maximum atomic E-state index is 10.2. The summed E-state index contributed by atoms with van der Waals surface area (Å²) in [5.41, 5.74) is 11.4. The molecule has 0 aliphatic carbocycles. The predicted molar refractivity (Wildman–Crippen MR) is 98.9 cm³/mol. The molecule has 140 valence electrons. The van der Waals surface area contributed by atoms with Crippen molar-refractivity contribution in [2.24, 2.45) is 16.6 Å². The standard InChI is InChI=1S/C18H30N4O3/c1-11-12(2)16-14(13(3)15(11)23)5-6-18(4,25-16)7-9-24-10-8-21-17(19)22-20/h23H,5-10,20H2,1-4H3,(H3,19,21,22). The van der Waals surface area contributed by atoms with Gasteiger partial charge in [0.2, 0.25) is 5.96 Å². The third kappa shape index (κ3) is 4.35. The van der Waals surface area contributed by atoms with Crippen molar-refractivity contribution in [1.29, 1.82) is 0 Å². The number of nitrogens with two attached hydrogens (primary N) is 2. The van der Waals surface area contributed by atoms with E-state index in [9.17, 15) is 5.11 Å². The summed E-state index contributed by atoms with van der Waals surface area (Å²) >= 11 is 0. The van der Waals surface area contributed by atoms with Crippen LogP contribution < -0.4 is 21.7 Å². The number of aromatic hydroxyl groups is 1. The Labute approximate surface area is 149 Å². The number of nitrogens with one attached hydrogen (secondary N) is 1. The summed E-state index contributed by atoms with van der Waals surface area (Å²) in [5.74, 6) is 6.64. The Morgan fingerprint density at radius 3 is 2.68 bits per heavy atom. The molecule has 0 saturated heterocycles. The molecule has 1 unspecified atom stereocenters. The molecule has 0 saturated carbocycles. The van der Waals surface area contributed by atoms with Gasteiger partial charge in [0, 0.05) is 12.0 Å². The highest BCUT2D eigenvalue weighted by atomic mass is 16.5. The van der Waals surface area contributed by atoms with Crippen molar-refractivity contribution in [3.8, 4) is 11.5 Å². The lowest BCUT2D eigenvalue weighted by molar-refractivity contribution is 0.0198. The van der Waals surface area contributed by atoms with E-state index >= 15 is 0 Å². The highest BCUT2D eigenvalue weighted by Crippen LogP contribution is 2.43. The average molecular weight is 350 g/mol. The van der Waals surface area contributed by atoms with Crippen LogP contribution in [0.2, 0.25) is 0 Å². The van der Waals surface area contributed by atoms with E-state index in [0.717, 1.165) is 47.3 Å². The first kappa shape index (κ1) is 19.3. The smallest absolute Gasteiger partial charge is 0.203 e. The number of guanidine groups is 1. The molecule has 7 nitrogen and oxygen atoms in total. The first-order chi connectivity index (χ1) is 11.8. The Bertz CT molecular complexity index is 660. The number of hydrazine groups is 1. The molecular weight excluding hydrogens is 320 g/mol. The number of nitrogens with zero attached hydrogens (tertiary/aromatic N) is 1. The van der Waals surface area contributed by atoms with Gasteiger partial charge < -0.3 is 20.3 Å². The lowest BCUT2D eigenvalue weighted by atomic mass is 9.86. The molecule has 25 heavy (non-hydrogen) atoms. The van der Waals surface area contributed by atoms with Crippen LogP contribution in [0.15, 0.2) is 4.99 Å². The number of phenols is 1. The summed E-state index contributed by atoms with van der Waals surface area (Å²) in [6.45, 7) is 9.55. The van der Waals surface area contributed by atoms with E-state index in [0.29, 0.717) is 25.5 Å². The van der Waals surface area contributed by atoms with Crippen molar-refractivity contribution in [3.05, 3.63) is 22.3 Å². The number of benzene rings is 1. The second-order valence-corrected chi connectivity index (χ2v) is 6.86. The van der Waals surface area contributed by atoms with Gasteiger partial charge in [0.05, 0.1) is 19.8 Å². The summed E-state index contributed by atoms with van der Waals surface area (Å²) in [5, 5.41) is 10.2. The summed E-state index contributed by atoms with van der Waals surface area (Å²) in [4.78, 5) is 3.99. The van der Waals surface area contributed by atoms with Crippen LogP contribution in [-0.2, 0) is 11.2 Å². The molecule has 7 heteroatoms. The maximum absolute atomic E-state index is 10.2. The van der Waals surface area contributed by atoms with E-state index in [1.165, 1.54) is 0 Å². The Morgan fingerprint density at radius 1 is 1.28 bits per heavy atom. The van der Waals surface area contributed by atoms with Crippen LogP contribution in [0.25, 0.3) is 0 Å². The molecule has 2 rings (SSSR count). The zero-order valence-corrected chi connectivity index (χ0v) is 15.6. The summed E-state index contributed by atoms with van der Waals surface area (Å²) in [6, 6.07) is 0. The van der Waals surface area contributed by atoms with Crippen LogP contribution >= 0.6 is 0 Å². The van der Waals surface area contributed by atoms with Gasteiger partial charge in [-0.3, -0.25) is 5.43 Å². The second-order valence-electron chi connectivity index (χ2n) is 6.86. The van der Waals surface area contributed by atoms with Crippen LogP contribution in [0.1, 0.15) is 42.0 Å². The fourth-order valence-corrected chi connectivity index (χ4v) is 3.14. The molecule has 1 heterocycles. The molecule has 6 N–H and O–H groups in total. The van der Waals surface area contributed by atoms with Crippen LogP contribution in [0.5, 0.6) is 11.5 Å². The fraction of sp³-hybridized carbons (Fsp3) is 0.611. The van der Waals surface area contributed by atoms with E-state index in [4.69, 9.17) is 21.1 Å². The van der Waals surface area contributed by atoms with Gasteiger partial charge >= 0.3 is 0 Å². The highest BCUT2D eigenvalue weighted by Gasteiger charge is 2.34. The van der Waals surface area contributed by atoms with Gasteiger partial charge in [-0.05, 0) is 57.2 Å². The first-order valence-electron chi connectivity index (χ1n) is 8.64. The van der Waals surface area contributed by atoms with E-state index in [-0.39, 0.29) is 11.6 Å².